The molecule has 5 heteroatoms. The highest BCUT2D eigenvalue weighted by atomic mass is 16.6. The predicted molar refractivity (Wildman–Crippen MR) is 87.8 cm³/mol. The molecule has 120 valence electrons. The summed E-state index contributed by atoms with van der Waals surface area (Å²) in [6.45, 7) is 3.80. The van der Waals surface area contributed by atoms with Crippen molar-refractivity contribution >= 4 is 17.6 Å². The summed E-state index contributed by atoms with van der Waals surface area (Å²) in [5.41, 5.74) is 3.46. The second kappa shape index (κ2) is 7.45. The Morgan fingerprint density at radius 2 is 1.74 bits per heavy atom. The van der Waals surface area contributed by atoms with Crippen molar-refractivity contribution in [2.75, 3.05) is 19.0 Å². The summed E-state index contributed by atoms with van der Waals surface area (Å²) in [6, 6.07) is 12.3. The van der Waals surface area contributed by atoms with E-state index in [-0.39, 0.29) is 12.5 Å². The van der Waals surface area contributed by atoms with E-state index in [4.69, 9.17) is 4.74 Å². The van der Waals surface area contributed by atoms with Gasteiger partial charge in [-0.25, -0.2) is 4.79 Å². The van der Waals surface area contributed by atoms with Gasteiger partial charge in [0.2, 0.25) is 0 Å². The Morgan fingerprint density at radius 1 is 1.04 bits per heavy atom. The van der Waals surface area contributed by atoms with E-state index >= 15 is 0 Å². The minimum absolute atomic E-state index is 0.162. The Labute approximate surface area is 135 Å². The molecule has 0 spiro atoms. The molecule has 0 saturated carbocycles. The van der Waals surface area contributed by atoms with Crippen LogP contribution in [0.2, 0.25) is 0 Å². The van der Waals surface area contributed by atoms with Gasteiger partial charge >= 0.3 is 5.97 Å². The maximum Gasteiger partial charge on any atom is 0.343 e. The second-order valence-corrected chi connectivity index (χ2v) is 5.09. The molecule has 0 aromatic heterocycles. The zero-order valence-corrected chi connectivity index (χ0v) is 13.4. The van der Waals surface area contributed by atoms with Gasteiger partial charge in [-0.3, -0.25) is 4.79 Å². The lowest BCUT2D eigenvalue weighted by atomic mass is 10.1. The fraction of sp³-hybridized carbons (Fsp3) is 0.222. The van der Waals surface area contributed by atoms with E-state index in [1.54, 1.807) is 24.3 Å². The Kier molecular flexibility index (Phi) is 5.36. The number of carbonyl (C=O) groups excluding carboxylic acids is 2. The van der Waals surface area contributed by atoms with Crippen molar-refractivity contribution in [3.05, 3.63) is 59.2 Å². The van der Waals surface area contributed by atoms with Gasteiger partial charge in [-0.05, 0) is 55.3 Å². The number of hydrogen-bond donors (Lipinski definition) is 1. The summed E-state index contributed by atoms with van der Waals surface area (Å²) in [5.74, 6) is -0.154. The lowest BCUT2D eigenvalue weighted by molar-refractivity contribution is -0.142. The van der Waals surface area contributed by atoms with E-state index in [9.17, 15) is 9.59 Å². The van der Waals surface area contributed by atoms with Crippen LogP contribution in [-0.2, 0) is 9.53 Å². The van der Waals surface area contributed by atoms with Crippen molar-refractivity contribution < 1.29 is 19.1 Å². The molecular formula is C18H19NO4. The molecule has 0 bridgehead atoms. The number of hydrogen-bond acceptors (Lipinski definition) is 4. The van der Waals surface area contributed by atoms with Gasteiger partial charge in [0.25, 0.3) is 5.91 Å². The van der Waals surface area contributed by atoms with Crippen LogP contribution in [0.5, 0.6) is 5.75 Å². The van der Waals surface area contributed by atoms with Crippen LogP contribution in [-0.4, -0.2) is 25.6 Å². The van der Waals surface area contributed by atoms with Gasteiger partial charge in [0.05, 0.1) is 7.11 Å². The van der Waals surface area contributed by atoms with Gasteiger partial charge < -0.3 is 14.8 Å². The molecule has 0 aliphatic heterocycles. The minimum atomic E-state index is -0.457. The number of benzene rings is 2. The third-order valence-electron chi connectivity index (χ3n) is 3.55. The predicted octanol–water partition coefficient (Wildman–Crippen LogP) is 3.11. The van der Waals surface area contributed by atoms with Crippen LogP contribution in [0.25, 0.3) is 0 Å². The average molecular weight is 313 g/mol. The summed E-state index contributed by atoms with van der Waals surface area (Å²) in [5, 5.41) is 2.89. The van der Waals surface area contributed by atoms with Crippen LogP contribution >= 0.6 is 0 Å². The number of nitrogens with one attached hydrogen (secondary N) is 1. The Hall–Kier alpha value is -2.82. The van der Waals surface area contributed by atoms with Crippen LogP contribution in [0.4, 0.5) is 5.69 Å². The van der Waals surface area contributed by atoms with Crippen molar-refractivity contribution in [3.63, 3.8) is 0 Å². The van der Waals surface area contributed by atoms with Crippen LogP contribution < -0.4 is 10.1 Å². The van der Waals surface area contributed by atoms with E-state index in [0.717, 1.165) is 16.8 Å². The number of methoxy groups -OCH3 is 1. The quantitative estimate of drug-likeness (QED) is 0.861. The van der Waals surface area contributed by atoms with E-state index < -0.39 is 5.97 Å². The van der Waals surface area contributed by atoms with Crippen LogP contribution in [0, 0.1) is 13.8 Å². The van der Waals surface area contributed by atoms with Crippen LogP contribution in [0.3, 0.4) is 0 Å². The highest BCUT2D eigenvalue weighted by Crippen LogP contribution is 2.19. The normalized spacial score (nSPS) is 10.0. The molecule has 2 aromatic carbocycles. The molecule has 0 saturated heterocycles. The SMILES string of the molecule is COC(=O)COc1ccc(C(=O)Nc2cccc(C)c2C)cc1. The summed E-state index contributed by atoms with van der Waals surface area (Å²) < 4.78 is 9.73. The van der Waals surface area contributed by atoms with E-state index in [2.05, 4.69) is 10.1 Å². The van der Waals surface area contributed by atoms with Gasteiger partial charge in [-0.2, -0.15) is 0 Å². The smallest absolute Gasteiger partial charge is 0.343 e. The molecule has 0 radical (unpaired) electrons. The second-order valence-electron chi connectivity index (χ2n) is 5.09. The molecule has 0 aliphatic rings. The summed E-state index contributed by atoms with van der Waals surface area (Å²) in [4.78, 5) is 23.3. The molecule has 2 rings (SSSR count). The molecule has 0 aliphatic carbocycles. The zero-order valence-electron chi connectivity index (χ0n) is 13.4. The van der Waals surface area contributed by atoms with E-state index in [1.165, 1.54) is 7.11 Å². The van der Waals surface area contributed by atoms with Gasteiger partial charge in [-0.15, -0.1) is 0 Å². The Morgan fingerprint density at radius 3 is 2.39 bits per heavy atom. The third kappa shape index (κ3) is 4.32. The first-order valence-corrected chi connectivity index (χ1v) is 7.18. The number of anilines is 1. The summed E-state index contributed by atoms with van der Waals surface area (Å²) in [6.07, 6.45) is 0. The molecule has 0 unspecified atom stereocenters. The number of ether oxygens (including phenoxy) is 2. The van der Waals surface area contributed by atoms with Crippen LogP contribution in [0.15, 0.2) is 42.5 Å². The number of aryl methyl sites for hydroxylation is 1. The van der Waals surface area contributed by atoms with Crippen molar-refractivity contribution in [3.8, 4) is 5.75 Å². The van der Waals surface area contributed by atoms with Gasteiger partial charge in [-0.1, -0.05) is 12.1 Å². The number of carbonyl (C=O) groups is 2. The fourth-order valence-corrected chi connectivity index (χ4v) is 1.98. The monoisotopic (exact) mass is 313 g/mol. The standard InChI is InChI=1S/C18H19NO4/c1-12-5-4-6-16(13(12)2)19-18(21)14-7-9-15(10-8-14)23-11-17(20)22-3/h4-10H,11H2,1-3H3,(H,19,21). The minimum Gasteiger partial charge on any atom is -0.482 e. The lowest BCUT2D eigenvalue weighted by Crippen LogP contribution is -2.14. The topological polar surface area (TPSA) is 64.6 Å². The Balaban J connectivity index is 2.03. The first-order chi connectivity index (χ1) is 11.0. The molecule has 0 fully saturated rings. The first-order valence-electron chi connectivity index (χ1n) is 7.18. The van der Waals surface area contributed by atoms with Gasteiger partial charge in [0.1, 0.15) is 5.75 Å². The van der Waals surface area contributed by atoms with Crippen molar-refractivity contribution in [1.82, 2.24) is 0 Å². The summed E-state index contributed by atoms with van der Waals surface area (Å²) in [7, 11) is 1.30. The maximum absolute atomic E-state index is 12.3. The van der Waals surface area contributed by atoms with Crippen molar-refractivity contribution in [2.45, 2.75) is 13.8 Å². The third-order valence-corrected chi connectivity index (χ3v) is 3.55. The van der Waals surface area contributed by atoms with E-state index in [0.29, 0.717) is 11.3 Å². The number of rotatable bonds is 5. The van der Waals surface area contributed by atoms with Gasteiger partial charge in [0, 0.05) is 11.3 Å². The van der Waals surface area contributed by atoms with Crippen molar-refractivity contribution in [2.24, 2.45) is 0 Å². The molecule has 23 heavy (non-hydrogen) atoms. The molecule has 2 aromatic rings. The van der Waals surface area contributed by atoms with E-state index in [1.807, 2.05) is 32.0 Å². The highest BCUT2D eigenvalue weighted by Gasteiger charge is 2.09. The molecule has 5 nitrogen and oxygen atoms in total. The molecule has 1 amide bonds. The maximum atomic E-state index is 12.3. The largest absolute Gasteiger partial charge is 0.482 e. The number of amides is 1. The molecule has 0 atom stereocenters. The number of esters is 1. The molecular weight excluding hydrogens is 294 g/mol. The summed E-state index contributed by atoms with van der Waals surface area (Å²) >= 11 is 0. The zero-order chi connectivity index (χ0) is 16.8. The lowest BCUT2D eigenvalue weighted by Gasteiger charge is -2.11. The molecule has 0 heterocycles. The van der Waals surface area contributed by atoms with Crippen molar-refractivity contribution in [1.29, 1.82) is 0 Å². The average Bonchev–Trinajstić information content (AvgIpc) is 2.57. The first kappa shape index (κ1) is 16.5. The highest BCUT2D eigenvalue weighted by molar-refractivity contribution is 6.04. The molecule has 1 N–H and O–H groups in total. The fourth-order valence-electron chi connectivity index (χ4n) is 1.98. The van der Waals surface area contributed by atoms with Gasteiger partial charge in [0.15, 0.2) is 6.61 Å². The van der Waals surface area contributed by atoms with Crippen LogP contribution in [0.1, 0.15) is 21.5 Å². The Bertz CT molecular complexity index is 707.